The van der Waals surface area contributed by atoms with Crippen LogP contribution in [0.25, 0.3) is 0 Å². The number of halogens is 5. The van der Waals surface area contributed by atoms with Gasteiger partial charge in [0.05, 0.1) is 16.3 Å². The molecule has 1 fully saturated rings. The van der Waals surface area contributed by atoms with Gasteiger partial charge < -0.3 is 15.4 Å². The summed E-state index contributed by atoms with van der Waals surface area (Å²) in [6.07, 6.45) is -1.96. The molecule has 0 bridgehead atoms. The molecule has 0 aliphatic heterocycles. The van der Waals surface area contributed by atoms with Gasteiger partial charge in [-0.25, -0.2) is 14.4 Å². The van der Waals surface area contributed by atoms with Crippen LogP contribution >= 0.6 is 11.6 Å². The molecule has 1 saturated carbocycles. The third-order valence-corrected chi connectivity index (χ3v) is 5.58. The van der Waals surface area contributed by atoms with Crippen LogP contribution < -0.4 is 15.4 Å². The lowest BCUT2D eigenvalue weighted by Gasteiger charge is -2.12. The van der Waals surface area contributed by atoms with Crippen molar-refractivity contribution in [1.29, 1.82) is 0 Å². The second kappa shape index (κ2) is 10.5. The van der Waals surface area contributed by atoms with Crippen LogP contribution in [-0.2, 0) is 22.2 Å². The first kappa shape index (κ1) is 25.4. The van der Waals surface area contributed by atoms with Crippen LogP contribution in [0.2, 0.25) is 5.02 Å². The Labute approximate surface area is 207 Å². The second-order valence-electron chi connectivity index (χ2n) is 8.11. The number of carbonyl (C=O) groups excluding carboxylic acids is 2. The molecule has 3 aromatic rings. The van der Waals surface area contributed by atoms with Gasteiger partial charge in [-0.05, 0) is 49.1 Å². The minimum absolute atomic E-state index is 0.0137. The van der Waals surface area contributed by atoms with Gasteiger partial charge in [0, 0.05) is 24.5 Å². The summed E-state index contributed by atoms with van der Waals surface area (Å²) in [5.41, 5.74) is -0.911. The normalized spacial score (nSPS) is 13.2. The first-order valence-electron chi connectivity index (χ1n) is 10.8. The molecule has 7 nitrogen and oxygen atoms in total. The number of hydrogen-bond donors (Lipinski definition) is 2. The number of alkyl halides is 3. The summed E-state index contributed by atoms with van der Waals surface area (Å²) in [7, 11) is 0. The van der Waals surface area contributed by atoms with Crippen molar-refractivity contribution in [1.82, 2.24) is 9.97 Å². The van der Waals surface area contributed by atoms with E-state index in [0.717, 1.165) is 31.0 Å². The van der Waals surface area contributed by atoms with Crippen LogP contribution in [-0.4, -0.2) is 21.8 Å². The van der Waals surface area contributed by atoms with Crippen molar-refractivity contribution in [2.45, 2.75) is 31.9 Å². The zero-order chi connectivity index (χ0) is 25.9. The highest BCUT2D eigenvalue weighted by Crippen LogP contribution is 2.35. The monoisotopic (exact) mass is 522 g/mol. The number of aryl methyl sites for hydroxylation is 1. The molecule has 0 saturated heterocycles. The predicted octanol–water partition coefficient (Wildman–Crippen LogP) is 6.00. The van der Waals surface area contributed by atoms with Crippen molar-refractivity contribution in [2.24, 2.45) is 5.92 Å². The Morgan fingerprint density at radius 1 is 1.06 bits per heavy atom. The molecule has 4 rings (SSSR count). The zero-order valence-corrected chi connectivity index (χ0v) is 19.3. The average molecular weight is 523 g/mol. The van der Waals surface area contributed by atoms with Gasteiger partial charge in [0.2, 0.25) is 17.7 Å². The summed E-state index contributed by atoms with van der Waals surface area (Å²) in [6, 6.07) is 8.44. The number of nitrogens with one attached hydrogen (secondary N) is 2. The van der Waals surface area contributed by atoms with Crippen LogP contribution in [0.4, 0.5) is 29.1 Å². The zero-order valence-electron chi connectivity index (χ0n) is 18.5. The van der Waals surface area contributed by atoms with Crippen LogP contribution in [0, 0.1) is 11.7 Å². The molecule has 2 amide bonds. The van der Waals surface area contributed by atoms with Gasteiger partial charge in [-0.2, -0.15) is 13.2 Å². The summed E-state index contributed by atoms with van der Waals surface area (Å²) in [5, 5.41) is 4.62. The van der Waals surface area contributed by atoms with Gasteiger partial charge in [0.1, 0.15) is 23.7 Å². The van der Waals surface area contributed by atoms with E-state index in [2.05, 4.69) is 20.6 Å². The van der Waals surface area contributed by atoms with E-state index in [0.29, 0.717) is 0 Å². The number of ether oxygens (including phenoxy) is 1. The molecule has 12 heteroatoms. The van der Waals surface area contributed by atoms with Gasteiger partial charge >= 0.3 is 6.18 Å². The van der Waals surface area contributed by atoms with Crippen LogP contribution in [0.15, 0.2) is 48.8 Å². The fourth-order valence-electron chi connectivity index (χ4n) is 3.24. The molecule has 0 unspecified atom stereocenters. The van der Waals surface area contributed by atoms with E-state index >= 15 is 0 Å². The van der Waals surface area contributed by atoms with Crippen molar-refractivity contribution < 1.29 is 31.9 Å². The number of hydrogen-bond acceptors (Lipinski definition) is 5. The lowest BCUT2D eigenvalue weighted by Crippen LogP contribution is -2.14. The van der Waals surface area contributed by atoms with Gasteiger partial charge in [-0.3, -0.25) is 9.59 Å². The maximum Gasteiger partial charge on any atom is 0.417 e. The molecular weight excluding hydrogens is 504 g/mol. The molecular formula is C24H19ClF4N4O3. The van der Waals surface area contributed by atoms with E-state index in [1.807, 2.05) is 0 Å². The Balaban J connectivity index is 1.38. The van der Waals surface area contributed by atoms with Crippen LogP contribution in [0.1, 0.15) is 30.4 Å². The highest BCUT2D eigenvalue weighted by atomic mass is 35.5. The van der Waals surface area contributed by atoms with Gasteiger partial charge in [0.25, 0.3) is 0 Å². The Morgan fingerprint density at radius 2 is 1.83 bits per heavy atom. The molecule has 1 aliphatic carbocycles. The number of amides is 2. The molecule has 1 aromatic heterocycles. The Morgan fingerprint density at radius 3 is 2.56 bits per heavy atom. The van der Waals surface area contributed by atoms with Gasteiger partial charge in [-0.15, -0.1) is 0 Å². The molecule has 0 radical (unpaired) electrons. The molecule has 2 N–H and O–H groups in total. The minimum Gasteiger partial charge on any atom is -0.439 e. The molecule has 2 aromatic carbocycles. The predicted molar refractivity (Wildman–Crippen MR) is 123 cm³/mol. The highest BCUT2D eigenvalue weighted by Gasteiger charge is 2.33. The number of carbonyl (C=O) groups is 2. The Kier molecular flexibility index (Phi) is 7.39. The largest absolute Gasteiger partial charge is 0.439 e. The number of rotatable bonds is 8. The summed E-state index contributed by atoms with van der Waals surface area (Å²) in [5.74, 6) is -1.01. The molecule has 1 heterocycles. The van der Waals surface area contributed by atoms with Crippen molar-refractivity contribution in [3.63, 3.8) is 0 Å². The van der Waals surface area contributed by atoms with E-state index < -0.39 is 28.5 Å². The third kappa shape index (κ3) is 6.69. The standard InChI is InChI=1S/C24H19ClF4N4O3/c25-17-6-1-13(9-16(17)24(27,28)29)2-8-21(34)32-19-10-15(5-7-18(19)26)36-22-11-20(30-12-31-22)33-23(35)14-3-4-14/h1,5-7,9-12,14H,2-4,8H2,(H,32,34)(H,30,31,33,35). The maximum atomic E-state index is 14.3. The molecule has 36 heavy (non-hydrogen) atoms. The topological polar surface area (TPSA) is 93.2 Å². The van der Waals surface area contributed by atoms with E-state index in [4.69, 9.17) is 16.3 Å². The quantitative estimate of drug-likeness (QED) is 0.354. The first-order chi connectivity index (χ1) is 17.1. The molecule has 1 aliphatic rings. The highest BCUT2D eigenvalue weighted by molar-refractivity contribution is 6.31. The number of benzene rings is 2. The number of nitrogens with zero attached hydrogens (tertiary/aromatic N) is 2. The molecule has 0 atom stereocenters. The minimum atomic E-state index is -4.62. The van der Waals surface area contributed by atoms with Gasteiger partial charge in [0.15, 0.2) is 0 Å². The molecule has 188 valence electrons. The van der Waals surface area contributed by atoms with E-state index in [1.54, 1.807) is 0 Å². The fraction of sp³-hybridized carbons (Fsp3) is 0.250. The number of anilines is 2. The van der Waals surface area contributed by atoms with Crippen molar-refractivity contribution in [3.05, 3.63) is 70.8 Å². The lowest BCUT2D eigenvalue weighted by atomic mass is 10.1. The van der Waals surface area contributed by atoms with Crippen molar-refractivity contribution in [2.75, 3.05) is 10.6 Å². The van der Waals surface area contributed by atoms with Crippen molar-refractivity contribution >= 4 is 34.9 Å². The van der Waals surface area contributed by atoms with E-state index in [1.165, 1.54) is 30.6 Å². The smallest absolute Gasteiger partial charge is 0.417 e. The summed E-state index contributed by atoms with van der Waals surface area (Å²) in [6.45, 7) is 0. The number of aromatic nitrogens is 2. The van der Waals surface area contributed by atoms with Gasteiger partial charge in [-0.1, -0.05) is 17.7 Å². The lowest BCUT2D eigenvalue weighted by molar-refractivity contribution is -0.137. The fourth-order valence-corrected chi connectivity index (χ4v) is 3.46. The second-order valence-corrected chi connectivity index (χ2v) is 8.52. The molecule has 0 spiro atoms. The summed E-state index contributed by atoms with van der Waals surface area (Å²) >= 11 is 5.61. The van der Waals surface area contributed by atoms with Crippen LogP contribution in [0.3, 0.4) is 0 Å². The summed E-state index contributed by atoms with van der Waals surface area (Å²) < 4.78 is 58.9. The SMILES string of the molecule is O=C(CCc1ccc(Cl)c(C(F)(F)F)c1)Nc1cc(Oc2cc(NC(=O)C3CC3)ncn2)ccc1F. The Hall–Kier alpha value is -3.73. The maximum absolute atomic E-state index is 14.3. The first-order valence-corrected chi connectivity index (χ1v) is 11.2. The summed E-state index contributed by atoms with van der Waals surface area (Å²) in [4.78, 5) is 32.1. The van der Waals surface area contributed by atoms with Crippen molar-refractivity contribution in [3.8, 4) is 11.6 Å². The van der Waals surface area contributed by atoms with Crippen LogP contribution in [0.5, 0.6) is 11.6 Å². The average Bonchev–Trinajstić information content (AvgIpc) is 3.66. The Bertz CT molecular complexity index is 1300. The van der Waals surface area contributed by atoms with E-state index in [-0.39, 0.29) is 53.4 Å². The third-order valence-electron chi connectivity index (χ3n) is 5.25. The van der Waals surface area contributed by atoms with E-state index in [9.17, 15) is 27.2 Å².